The first-order valence-corrected chi connectivity index (χ1v) is 2.01. The molecule has 6 heavy (non-hydrogen) atoms. The minimum Gasteiger partial charge on any atom is -0.289 e. The zero-order valence-electron chi connectivity index (χ0n) is 3.62. The largest absolute Gasteiger partial charge is 0.289 e. The maximum absolute atomic E-state index is 9.97. The van der Waals surface area contributed by atoms with Crippen LogP contribution in [0.5, 0.6) is 0 Å². The molecule has 0 saturated heterocycles. The van der Waals surface area contributed by atoms with E-state index >= 15 is 0 Å². The molecule has 1 aromatic rings. The van der Waals surface area contributed by atoms with Crippen molar-refractivity contribution in [2.45, 2.75) is 13.3 Å². The second-order valence-electron chi connectivity index (χ2n) is 1.29. The molecule has 0 fully saturated rings. The lowest BCUT2D eigenvalue weighted by Gasteiger charge is -1.61. The zero-order chi connectivity index (χ0) is 4.57. The van der Waals surface area contributed by atoms with Gasteiger partial charge in [0.15, 0.2) is 5.43 Å². The van der Waals surface area contributed by atoms with Crippen LogP contribution in [-0.4, -0.2) is 0 Å². The van der Waals surface area contributed by atoms with Gasteiger partial charge in [-0.2, -0.15) is 0 Å². The average molecular weight is 81.1 g/mol. The highest BCUT2D eigenvalue weighted by molar-refractivity contribution is 5.19. The van der Waals surface area contributed by atoms with Crippen molar-refractivity contribution in [1.82, 2.24) is 0 Å². The van der Waals surface area contributed by atoms with Crippen molar-refractivity contribution in [2.75, 3.05) is 0 Å². The van der Waals surface area contributed by atoms with E-state index in [4.69, 9.17) is 0 Å². The Bertz CT molecular complexity index is 146. The molecule has 31 valence electrons. The van der Waals surface area contributed by atoms with Crippen LogP contribution in [0.2, 0.25) is 0 Å². The SMILES string of the molecule is CCc1[c]c1=O. The third-order valence-electron chi connectivity index (χ3n) is 0.830. The fourth-order valence-electron chi connectivity index (χ4n) is 0.355. The molecule has 0 unspecified atom stereocenters. The Morgan fingerprint density at radius 1 is 1.83 bits per heavy atom. The summed E-state index contributed by atoms with van der Waals surface area (Å²) in [6.07, 6.45) is 0.860. The van der Waals surface area contributed by atoms with Gasteiger partial charge in [-0.05, 0) is 6.42 Å². The van der Waals surface area contributed by atoms with Gasteiger partial charge in [-0.3, -0.25) is 4.79 Å². The summed E-state index contributed by atoms with van der Waals surface area (Å²) in [7, 11) is 0. The van der Waals surface area contributed by atoms with E-state index in [1.165, 1.54) is 0 Å². The third-order valence-corrected chi connectivity index (χ3v) is 0.830. The van der Waals surface area contributed by atoms with Crippen molar-refractivity contribution in [3.63, 3.8) is 0 Å². The molecule has 0 aromatic heterocycles. The van der Waals surface area contributed by atoms with E-state index in [1.54, 1.807) is 0 Å². The smallest absolute Gasteiger partial charge is 0.190 e. The Balaban J connectivity index is 2.68. The molecule has 0 aliphatic heterocycles. The minimum atomic E-state index is 0.123. The van der Waals surface area contributed by atoms with E-state index in [0.29, 0.717) is 0 Å². The van der Waals surface area contributed by atoms with Crippen LogP contribution >= 0.6 is 0 Å². The van der Waals surface area contributed by atoms with Crippen LogP contribution in [-0.2, 0) is 6.42 Å². The van der Waals surface area contributed by atoms with Gasteiger partial charge in [0.05, 0.1) is 0 Å². The van der Waals surface area contributed by atoms with Gasteiger partial charge in [0.25, 0.3) is 0 Å². The summed E-state index contributed by atoms with van der Waals surface area (Å²) in [4.78, 5) is 9.97. The summed E-state index contributed by atoms with van der Waals surface area (Å²) < 4.78 is 0. The Kier molecular flexibility index (Phi) is 0.560. The molecule has 1 heteroatoms. The van der Waals surface area contributed by atoms with Gasteiger partial charge >= 0.3 is 0 Å². The van der Waals surface area contributed by atoms with Gasteiger partial charge in [0.2, 0.25) is 0 Å². The molecule has 1 rings (SSSR count). The highest BCUT2D eigenvalue weighted by Gasteiger charge is 2.02. The van der Waals surface area contributed by atoms with E-state index in [0.717, 1.165) is 12.0 Å². The lowest BCUT2D eigenvalue weighted by Crippen LogP contribution is -1.75. The van der Waals surface area contributed by atoms with E-state index in [9.17, 15) is 4.79 Å². The Labute approximate surface area is 36.3 Å². The summed E-state index contributed by atoms with van der Waals surface area (Å²) >= 11 is 0. The summed E-state index contributed by atoms with van der Waals surface area (Å²) in [6.45, 7) is 1.95. The minimum absolute atomic E-state index is 0.123. The number of aryl methyl sites for hydroxylation is 1. The van der Waals surface area contributed by atoms with Crippen LogP contribution in [0.25, 0.3) is 0 Å². The zero-order valence-corrected chi connectivity index (χ0v) is 3.62. The first kappa shape index (κ1) is 3.59. The van der Waals surface area contributed by atoms with Gasteiger partial charge in [-0.25, -0.2) is 0 Å². The summed E-state index contributed by atoms with van der Waals surface area (Å²) in [5, 5.41) is 0. The van der Waals surface area contributed by atoms with Crippen molar-refractivity contribution >= 4 is 0 Å². The van der Waals surface area contributed by atoms with E-state index < -0.39 is 0 Å². The highest BCUT2D eigenvalue weighted by atomic mass is 16.1. The summed E-state index contributed by atoms with van der Waals surface area (Å²) in [5.74, 6) is 0. The first-order valence-electron chi connectivity index (χ1n) is 2.01. The van der Waals surface area contributed by atoms with Crippen LogP contribution in [0.3, 0.4) is 0 Å². The predicted octanol–water partition coefficient (Wildman–Crippen LogP) is 0.285. The molecule has 0 aliphatic rings. The van der Waals surface area contributed by atoms with E-state index in [-0.39, 0.29) is 5.43 Å². The third kappa shape index (κ3) is 0.361. The quantitative estimate of drug-likeness (QED) is 0.474. The highest BCUT2D eigenvalue weighted by Crippen LogP contribution is 1.90. The molecule has 0 atom stereocenters. The monoisotopic (exact) mass is 81.0 g/mol. The van der Waals surface area contributed by atoms with Crippen LogP contribution < -0.4 is 5.43 Å². The van der Waals surface area contributed by atoms with Gasteiger partial charge < -0.3 is 0 Å². The lowest BCUT2D eigenvalue weighted by atomic mass is 10.4. The lowest BCUT2D eigenvalue weighted by molar-refractivity contribution is 1.18. The van der Waals surface area contributed by atoms with E-state index in [2.05, 4.69) is 6.07 Å². The van der Waals surface area contributed by atoms with Gasteiger partial charge in [-0.1, -0.05) is 6.92 Å². The molecular formula is C5H5O. The fourth-order valence-corrected chi connectivity index (χ4v) is 0.355. The second-order valence-corrected chi connectivity index (χ2v) is 1.29. The molecule has 0 heterocycles. The first-order chi connectivity index (χ1) is 2.84. The Morgan fingerprint density at radius 3 is 2.33 bits per heavy atom. The van der Waals surface area contributed by atoms with Crippen LogP contribution in [0, 0.1) is 6.07 Å². The van der Waals surface area contributed by atoms with Crippen molar-refractivity contribution in [1.29, 1.82) is 0 Å². The molecule has 0 saturated carbocycles. The average Bonchev–Trinajstić information content (AvgIpc) is 2.19. The molecule has 0 spiro atoms. The van der Waals surface area contributed by atoms with Crippen molar-refractivity contribution in [3.05, 3.63) is 21.9 Å². The van der Waals surface area contributed by atoms with Gasteiger partial charge in [-0.15, -0.1) is 0 Å². The summed E-state index contributed by atoms with van der Waals surface area (Å²) in [6, 6.07) is 2.56. The van der Waals surface area contributed by atoms with Gasteiger partial charge in [0, 0.05) is 11.6 Å². The predicted molar refractivity (Wildman–Crippen MR) is 23.3 cm³/mol. The Hall–Kier alpha value is -0.590. The topological polar surface area (TPSA) is 17.1 Å². The van der Waals surface area contributed by atoms with Crippen LogP contribution in [0.15, 0.2) is 4.79 Å². The molecular weight excluding hydrogens is 76.1 g/mol. The maximum atomic E-state index is 9.97. The standard InChI is InChI=1S/C5H5O/c1-2-4-3-5(4)6/h2H2,1H3. The van der Waals surface area contributed by atoms with Gasteiger partial charge in [0.1, 0.15) is 0 Å². The number of rotatable bonds is 1. The van der Waals surface area contributed by atoms with Crippen molar-refractivity contribution in [2.24, 2.45) is 0 Å². The fraction of sp³-hybridized carbons (Fsp3) is 0.400. The molecule has 1 aromatic carbocycles. The molecule has 1 radical (unpaired) electrons. The molecule has 0 amide bonds. The maximum Gasteiger partial charge on any atom is 0.190 e. The molecule has 0 bridgehead atoms. The van der Waals surface area contributed by atoms with Crippen LogP contribution in [0.4, 0.5) is 0 Å². The molecule has 0 aliphatic carbocycles. The number of hydrogen-bond acceptors (Lipinski definition) is 1. The summed E-state index contributed by atoms with van der Waals surface area (Å²) in [5.41, 5.74) is 0.993. The van der Waals surface area contributed by atoms with E-state index in [1.807, 2.05) is 6.92 Å². The van der Waals surface area contributed by atoms with Crippen molar-refractivity contribution < 1.29 is 0 Å². The van der Waals surface area contributed by atoms with Crippen molar-refractivity contribution in [3.8, 4) is 0 Å². The Morgan fingerprint density at radius 2 is 2.33 bits per heavy atom. The number of hydrogen-bond donors (Lipinski definition) is 0. The molecule has 1 nitrogen and oxygen atoms in total. The molecule has 0 N–H and O–H groups in total. The second kappa shape index (κ2) is 0.934. The van der Waals surface area contributed by atoms with Crippen LogP contribution in [0.1, 0.15) is 12.5 Å². The normalized spacial score (nSPS) is 10.2.